The molecule has 3 N–H and O–H groups in total. The molecule has 0 aromatic heterocycles. The van der Waals surface area contributed by atoms with Crippen LogP contribution in [-0.2, 0) is 6.54 Å². The van der Waals surface area contributed by atoms with Crippen LogP contribution in [0.25, 0.3) is 0 Å². The molecule has 0 aliphatic rings. The Labute approximate surface area is 94.5 Å². The molecule has 0 aliphatic carbocycles. The molecule has 0 heterocycles. The van der Waals surface area contributed by atoms with E-state index in [0.717, 1.165) is 11.3 Å². The van der Waals surface area contributed by atoms with E-state index in [4.69, 9.17) is 10.6 Å². The molecule has 62 valence electrons. The standard InChI is InChI=1S/C8H12N2O.Na.H/c1-11-8-4-2-7(3-5-8)6-10-9;;/h2-5,10H,6,9H2,1H3;;. The van der Waals surface area contributed by atoms with Gasteiger partial charge in [-0.1, -0.05) is 12.1 Å². The molecule has 0 bridgehead atoms. The number of hydrogen-bond donors (Lipinski definition) is 2. The molecular formula is C8H13N2NaO. The zero-order valence-electron chi connectivity index (χ0n) is 6.50. The number of hydrogen-bond acceptors (Lipinski definition) is 3. The molecule has 3 nitrogen and oxygen atoms in total. The Balaban J connectivity index is 0.00000121. The van der Waals surface area contributed by atoms with Crippen LogP contribution in [0.1, 0.15) is 5.56 Å². The summed E-state index contributed by atoms with van der Waals surface area (Å²) >= 11 is 0. The summed E-state index contributed by atoms with van der Waals surface area (Å²) in [7, 11) is 1.65. The maximum atomic E-state index is 5.15. The average Bonchev–Trinajstić information content (AvgIpc) is 2.07. The summed E-state index contributed by atoms with van der Waals surface area (Å²) in [5.41, 5.74) is 3.73. The van der Waals surface area contributed by atoms with Gasteiger partial charge in [-0.15, -0.1) is 0 Å². The van der Waals surface area contributed by atoms with E-state index >= 15 is 0 Å². The van der Waals surface area contributed by atoms with Crippen LogP contribution < -0.4 is 16.0 Å². The summed E-state index contributed by atoms with van der Waals surface area (Å²) < 4.78 is 5.00. The number of hydrazine groups is 1. The second-order valence-electron chi connectivity index (χ2n) is 2.23. The quantitative estimate of drug-likeness (QED) is 0.387. The first kappa shape index (κ1) is 11.9. The van der Waals surface area contributed by atoms with Gasteiger partial charge >= 0.3 is 29.6 Å². The van der Waals surface area contributed by atoms with Crippen molar-refractivity contribution in [3.8, 4) is 5.75 Å². The summed E-state index contributed by atoms with van der Waals surface area (Å²) in [6, 6.07) is 7.76. The number of rotatable bonds is 3. The number of methoxy groups -OCH3 is 1. The summed E-state index contributed by atoms with van der Waals surface area (Å²) in [6.45, 7) is 0.685. The van der Waals surface area contributed by atoms with Crippen molar-refractivity contribution < 1.29 is 4.74 Å². The van der Waals surface area contributed by atoms with Gasteiger partial charge < -0.3 is 4.74 Å². The molecule has 0 saturated heterocycles. The van der Waals surface area contributed by atoms with Crippen LogP contribution in [0.15, 0.2) is 24.3 Å². The number of nitrogens with two attached hydrogens (primary N) is 1. The van der Waals surface area contributed by atoms with E-state index in [0.29, 0.717) is 6.54 Å². The van der Waals surface area contributed by atoms with Gasteiger partial charge in [0.15, 0.2) is 0 Å². The molecule has 0 fully saturated rings. The first-order valence-corrected chi connectivity index (χ1v) is 3.43. The zero-order chi connectivity index (χ0) is 8.10. The van der Waals surface area contributed by atoms with E-state index in [2.05, 4.69) is 5.43 Å². The van der Waals surface area contributed by atoms with Crippen molar-refractivity contribution in [1.29, 1.82) is 0 Å². The number of nitrogens with one attached hydrogen (secondary N) is 1. The number of benzene rings is 1. The Morgan fingerprint density at radius 2 is 1.92 bits per heavy atom. The monoisotopic (exact) mass is 176 g/mol. The maximum absolute atomic E-state index is 5.15. The molecule has 1 aromatic carbocycles. The fraction of sp³-hybridized carbons (Fsp3) is 0.250. The van der Waals surface area contributed by atoms with Crippen molar-refractivity contribution in [2.45, 2.75) is 6.54 Å². The SMILES string of the molecule is COc1ccc(CNN)cc1.[NaH]. The van der Waals surface area contributed by atoms with Crippen LogP contribution in [0.2, 0.25) is 0 Å². The van der Waals surface area contributed by atoms with E-state index in [1.165, 1.54) is 0 Å². The third kappa shape index (κ3) is 3.56. The van der Waals surface area contributed by atoms with Crippen LogP contribution in [-0.4, -0.2) is 36.7 Å². The third-order valence-corrected chi connectivity index (χ3v) is 1.47. The normalized spacial score (nSPS) is 8.83. The second kappa shape index (κ2) is 6.46. The van der Waals surface area contributed by atoms with Crippen LogP contribution >= 0.6 is 0 Å². The molecule has 0 spiro atoms. The van der Waals surface area contributed by atoms with Gasteiger partial charge in [0, 0.05) is 6.54 Å². The van der Waals surface area contributed by atoms with Crippen LogP contribution in [0.3, 0.4) is 0 Å². The zero-order valence-corrected chi connectivity index (χ0v) is 6.50. The van der Waals surface area contributed by atoms with Gasteiger partial charge in [0.1, 0.15) is 5.75 Å². The van der Waals surface area contributed by atoms with Gasteiger partial charge in [0.25, 0.3) is 0 Å². The molecule has 0 amide bonds. The van der Waals surface area contributed by atoms with Gasteiger partial charge in [-0.25, -0.2) is 0 Å². The molecule has 0 unspecified atom stereocenters. The molecule has 4 heteroatoms. The molecule has 1 aromatic rings. The fourth-order valence-electron chi connectivity index (χ4n) is 0.861. The van der Waals surface area contributed by atoms with Crippen molar-refractivity contribution in [2.24, 2.45) is 5.84 Å². The first-order valence-electron chi connectivity index (χ1n) is 3.43. The third-order valence-electron chi connectivity index (χ3n) is 1.47. The Bertz CT molecular complexity index is 213. The van der Waals surface area contributed by atoms with E-state index in [9.17, 15) is 0 Å². The van der Waals surface area contributed by atoms with Crippen molar-refractivity contribution in [3.05, 3.63) is 29.8 Å². The topological polar surface area (TPSA) is 47.3 Å². The Kier molecular flexibility index (Phi) is 6.42. The summed E-state index contributed by atoms with van der Waals surface area (Å²) in [6.07, 6.45) is 0. The Morgan fingerprint density at radius 1 is 1.33 bits per heavy atom. The van der Waals surface area contributed by atoms with Gasteiger partial charge in [-0.3, -0.25) is 11.3 Å². The number of ether oxygens (including phenoxy) is 1. The van der Waals surface area contributed by atoms with Gasteiger partial charge in [0.05, 0.1) is 7.11 Å². The van der Waals surface area contributed by atoms with Crippen LogP contribution in [0, 0.1) is 0 Å². The van der Waals surface area contributed by atoms with Crippen molar-refractivity contribution in [3.63, 3.8) is 0 Å². The predicted molar refractivity (Wildman–Crippen MR) is 51.2 cm³/mol. The van der Waals surface area contributed by atoms with E-state index in [1.807, 2.05) is 24.3 Å². The summed E-state index contributed by atoms with van der Waals surface area (Å²) in [5, 5.41) is 0. The van der Waals surface area contributed by atoms with Gasteiger partial charge in [0.2, 0.25) is 0 Å². The minimum atomic E-state index is 0. The van der Waals surface area contributed by atoms with Crippen molar-refractivity contribution >= 4 is 29.6 Å². The second-order valence-corrected chi connectivity index (χ2v) is 2.23. The molecule has 0 aliphatic heterocycles. The van der Waals surface area contributed by atoms with Crippen molar-refractivity contribution in [1.82, 2.24) is 5.43 Å². The molecule has 0 saturated carbocycles. The van der Waals surface area contributed by atoms with Crippen molar-refractivity contribution in [2.75, 3.05) is 7.11 Å². The first-order chi connectivity index (χ1) is 5.36. The average molecular weight is 176 g/mol. The summed E-state index contributed by atoms with van der Waals surface area (Å²) in [4.78, 5) is 0. The Morgan fingerprint density at radius 3 is 2.33 bits per heavy atom. The van der Waals surface area contributed by atoms with Gasteiger partial charge in [-0.2, -0.15) is 0 Å². The van der Waals surface area contributed by atoms with E-state index < -0.39 is 0 Å². The predicted octanol–water partition coefficient (Wildman–Crippen LogP) is 0.01000. The van der Waals surface area contributed by atoms with E-state index in [1.54, 1.807) is 7.11 Å². The summed E-state index contributed by atoms with van der Waals surface area (Å²) in [5.74, 6) is 6.02. The molecule has 12 heavy (non-hydrogen) atoms. The van der Waals surface area contributed by atoms with E-state index in [-0.39, 0.29) is 29.6 Å². The van der Waals surface area contributed by atoms with Gasteiger partial charge in [-0.05, 0) is 17.7 Å². The molecule has 1 rings (SSSR count). The van der Waals surface area contributed by atoms with Crippen LogP contribution in [0.4, 0.5) is 0 Å². The molecule has 0 radical (unpaired) electrons. The molecular weight excluding hydrogens is 163 g/mol. The molecule has 0 atom stereocenters. The van der Waals surface area contributed by atoms with Crippen LogP contribution in [0.5, 0.6) is 5.75 Å². The minimum absolute atomic E-state index is 0. The fourth-order valence-corrected chi connectivity index (χ4v) is 0.861. The Hall–Kier alpha value is -0.0600.